The summed E-state index contributed by atoms with van der Waals surface area (Å²) in [6.45, 7) is 1.86. The molecule has 9 heteroatoms. The first-order chi connectivity index (χ1) is 11.4. The van der Waals surface area contributed by atoms with Crippen LogP contribution in [0.2, 0.25) is 5.02 Å². The molecule has 0 saturated carbocycles. The smallest absolute Gasteiger partial charge is 0.244 e. The molecule has 0 radical (unpaired) electrons. The van der Waals surface area contributed by atoms with Gasteiger partial charge >= 0.3 is 0 Å². The van der Waals surface area contributed by atoms with Crippen molar-refractivity contribution in [3.8, 4) is 0 Å². The second kappa shape index (κ2) is 7.29. The largest absolute Gasteiger partial charge is 0.353 e. The van der Waals surface area contributed by atoms with Gasteiger partial charge in [0, 0.05) is 41.3 Å². The number of hydrogen-bond donors (Lipinski definition) is 0. The molecule has 5 nitrogen and oxygen atoms in total. The van der Waals surface area contributed by atoms with Gasteiger partial charge in [0.2, 0.25) is 10.0 Å². The normalized spacial score (nSPS) is 16.4. The summed E-state index contributed by atoms with van der Waals surface area (Å²) in [6, 6.07) is 8.62. The Labute approximate surface area is 162 Å². The molecule has 0 spiro atoms. The highest BCUT2D eigenvalue weighted by atomic mass is 79.9. The molecule has 2 aromatic rings. The van der Waals surface area contributed by atoms with E-state index in [-0.39, 0.29) is 4.90 Å². The van der Waals surface area contributed by atoms with Crippen molar-refractivity contribution in [3.05, 3.63) is 50.5 Å². The first-order valence-corrected chi connectivity index (χ1v) is 10.6. The lowest BCUT2D eigenvalue weighted by Gasteiger charge is -2.35. The molecular formula is C15H14Br2ClN3O2S. The van der Waals surface area contributed by atoms with E-state index in [4.69, 9.17) is 11.6 Å². The molecule has 3 rings (SSSR count). The molecule has 1 aliphatic heterocycles. The Kier molecular flexibility index (Phi) is 5.51. The number of piperazine rings is 1. The van der Waals surface area contributed by atoms with Gasteiger partial charge in [0.1, 0.15) is 5.82 Å². The molecular weight excluding hydrogens is 482 g/mol. The van der Waals surface area contributed by atoms with Crippen molar-refractivity contribution >= 4 is 59.3 Å². The summed E-state index contributed by atoms with van der Waals surface area (Å²) in [4.78, 5) is 6.56. The molecule has 0 amide bonds. The Morgan fingerprint density at radius 2 is 1.79 bits per heavy atom. The van der Waals surface area contributed by atoms with Crippen LogP contribution in [-0.4, -0.2) is 43.9 Å². The molecule has 24 heavy (non-hydrogen) atoms. The van der Waals surface area contributed by atoms with E-state index >= 15 is 0 Å². The Bertz CT molecular complexity index is 856. The van der Waals surface area contributed by atoms with Crippen LogP contribution in [-0.2, 0) is 10.0 Å². The van der Waals surface area contributed by atoms with Gasteiger partial charge in [0.15, 0.2) is 0 Å². The first kappa shape index (κ1) is 18.1. The molecule has 1 aromatic carbocycles. The zero-order valence-electron chi connectivity index (χ0n) is 12.5. The van der Waals surface area contributed by atoms with Gasteiger partial charge in [-0.1, -0.05) is 27.5 Å². The van der Waals surface area contributed by atoms with Crippen LogP contribution in [0.1, 0.15) is 0 Å². The predicted octanol–water partition coefficient (Wildman–Crippen LogP) is 3.77. The van der Waals surface area contributed by atoms with E-state index in [1.54, 1.807) is 36.5 Å². The molecule has 2 heterocycles. The minimum absolute atomic E-state index is 0.273. The third-order valence-corrected chi connectivity index (χ3v) is 7.45. The van der Waals surface area contributed by atoms with Crippen LogP contribution in [0.3, 0.4) is 0 Å². The minimum atomic E-state index is -3.54. The maximum atomic E-state index is 12.8. The van der Waals surface area contributed by atoms with E-state index in [9.17, 15) is 8.42 Å². The SMILES string of the molecule is O=S(=O)(c1ccc(Br)cc1Br)N1CCN(c2ncccc2Cl)CC1. The van der Waals surface area contributed by atoms with Gasteiger partial charge < -0.3 is 4.90 Å². The van der Waals surface area contributed by atoms with Crippen LogP contribution >= 0.6 is 43.5 Å². The Hall–Kier alpha value is -0.670. The molecule has 0 bridgehead atoms. The number of halogens is 3. The molecule has 0 unspecified atom stereocenters. The number of sulfonamides is 1. The summed E-state index contributed by atoms with van der Waals surface area (Å²) in [5, 5.41) is 0.574. The molecule has 0 N–H and O–H groups in total. The van der Waals surface area contributed by atoms with Gasteiger partial charge in [-0.3, -0.25) is 0 Å². The van der Waals surface area contributed by atoms with Gasteiger partial charge in [-0.25, -0.2) is 13.4 Å². The molecule has 1 saturated heterocycles. The van der Waals surface area contributed by atoms with Gasteiger partial charge in [-0.2, -0.15) is 4.31 Å². The van der Waals surface area contributed by atoms with Gasteiger partial charge in [-0.05, 0) is 46.3 Å². The zero-order valence-corrected chi connectivity index (χ0v) is 17.2. The van der Waals surface area contributed by atoms with Gasteiger partial charge in [-0.15, -0.1) is 0 Å². The third-order valence-electron chi connectivity index (χ3n) is 3.79. The fourth-order valence-corrected chi connectivity index (χ4v) is 5.94. The van der Waals surface area contributed by atoms with Crippen molar-refractivity contribution in [2.75, 3.05) is 31.1 Å². The second-order valence-electron chi connectivity index (χ2n) is 5.27. The van der Waals surface area contributed by atoms with Crippen LogP contribution < -0.4 is 4.90 Å². The number of pyridine rings is 1. The number of benzene rings is 1. The van der Waals surface area contributed by atoms with Crippen LogP contribution in [0.5, 0.6) is 0 Å². The lowest BCUT2D eigenvalue weighted by Crippen LogP contribution is -2.49. The molecule has 0 atom stereocenters. The second-order valence-corrected chi connectivity index (χ2v) is 9.36. The number of anilines is 1. The molecule has 1 aromatic heterocycles. The fraction of sp³-hybridized carbons (Fsp3) is 0.267. The quantitative estimate of drug-likeness (QED) is 0.651. The van der Waals surface area contributed by atoms with E-state index < -0.39 is 10.0 Å². The highest BCUT2D eigenvalue weighted by Crippen LogP contribution is 2.30. The van der Waals surface area contributed by atoms with E-state index in [2.05, 4.69) is 36.8 Å². The van der Waals surface area contributed by atoms with Gasteiger partial charge in [0.05, 0.1) is 9.92 Å². The number of nitrogens with zero attached hydrogens (tertiary/aromatic N) is 3. The molecule has 128 valence electrons. The van der Waals surface area contributed by atoms with Crippen LogP contribution in [0.25, 0.3) is 0 Å². The topological polar surface area (TPSA) is 53.5 Å². The van der Waals surface area contributed by atoms with Gasteiger partial charge in [0.25, 0.3) is 0 Å². The third kappa shape index (κ3) is 3.62. The average molecular weight is 496 g/mol. The van der Waals surface area contributed by atoms with E-state index in [1.807, 2.05) is 4.90 Å². The highest BCUT2D eigenvalue weighted by molar-refractivity contribution is 9.11. The lowest BCUT2D eigenvalue weighted by molar-refractivity contribution is 0.383. The van der Waals surface area contributed by atoms with Crippen molar-refractivity contribution in [1.82, 2.24) is 9.29 Å². The van der Waals surface area contributed by atoms with Crippen LogP contribution in [0.15, 0.2) is 50.4 Å². The van der Waals surface area contributed by atoms with Crippen molar-refractivity contribution in [1.29, 1.82) is 0 Å². The zero-order chi connectivity index (χ0) is 17.3. The molecule has 1 aliphatic rings. The van der Waals surface area contributed by atoms with Crippen molar-refractivity contribution < 1.29 is 8.42 Å². The standard InChI is InChI=1S/C15H14Br2ClN3O2S/c16-11-3-4-14(12(17)10-11)24(22,23)21-8-6-20(7-9-21)15-13(18)2-1-5-19-15/h1-5,10H,6-9H2. The first-order valence-electron chi connectivity index (χ1n) is 7.20. The summed E-state index contributed by atoms with van der Waals surface area (Å²) in [5.74, 6) is 0.695. The van der Waals surface area contributed by atoms with Crippen molar-refractivity contribution in [3.63, 3.8) is 0 Å². The predicted molar refractivity (Wildman–Crippen MR) is 102 cm³/mol. The number of rotatable bonds is 3. The van der Waals surface area contributed by atoms with Crippen molar-refractivity contribution in [2.24, 2.45) is 0 Å². The maximum absolute atomic E-state index is 12.8. The monoisotopic (exact) mass is 493 g/mol. The Balaban J connectivity index is 1.78. The molecule has 1 fully saturated rings. The number of aromatic nitrogens is 1. The highest BCUT2D eigenvalue weighted by Gasteiger charge is 2.30. The summed E-state index contributed by atoms with van der Waals surface area (Å²) in [5.41, 5.74) is 0. The summed E-state index contributed by atoms with van der Waals surface area (Å²) < 4.78 is 28.6. The lowest BCUT2D eigenvalue weighted by atomic mass is 10.3. The van der Waals surface area contributed by atoms with Crippen LogP contribution in [0.4, 0.5) is 5.82 Å². The average Bonchev–Trinajstić information content (AvgIpc) is 2.55. The molecule has 0 aliphatic carbocycles. The number of hydrogen-bond acceptors (Lipinski definition) is 4. The van der Waals surface area contributed by atoms with E-state index in [0.29, 0.717) is 41.5 Å². The Morgan fingerprint density at radius 3 is 2.42 bits per heavy atom. The summed E-state index contributed by atoms with van der Waals surface area (Å²) >= 11 is 12.8. The fourth-order valence-electron chi connectivity index (χ4n) is 2.57. The minimum Gasteiger partial charge on any atom is -0.353 e. The van der Waals surface area contributed by atoms with E-state index in [1.165, 1.54) is 4.31 Å². The maximum Gasteiger partial charge on any atom is 0.244 e. The summed E-state index contributed by atoms with van der Waals surface area (Å²) in [7, 11) is -3.54. The van der Waals surface area contributed by atoms with Crippen LogP contribution in [0, 0.1) is 0 Å². The summed E-state index contributed by atoms with van der Waals surface area (Å²) in [6.07, 6.45) is 1.68. The van der Waals surface area contributed by atoms with Crippen molar-refractivity contribution in [2.45, 2.75) is 4.90 Å². The van der Waals surface area contributed by atoms with E-state index in [0.717, 1.165) is 4.47 Å². The Morgan fingerprint density at radius 1 is 1.08 bits per heavy atom.